The van der Waals surface area contributed by atoms with Crippen molar-refractivity contribution in [1.29, 1.82) is 0 Å². The summed E-state index contributed by atoms with van der Waals surface area (Å²) in [6.45, 7) is 3.16. The van der Waals surface area contributed by atoms with Crippen molar-refractivity contribution in [2.24, 2.45) is 0 Å². The second kappa shape index (κ2) is 9.32. The van der Waals surface area contributed by atoms with Crippen LogP contribution >= 0.6 is 11.6 Å². The maximum Gasteiger partial charge on any atom is 0.261 e. The molecule has 0 bridgehead atoms. The van der Waals surface area contributed by atoms with Crippen molar-refractivity contribution in [3.8, 4) is 17.2 Å². The molecule has 3 aromatic rings. The van der Waals surface area contributed by atoms with Crippen LogP contribution in [0.25, 0.3) is 5.69 Å². The van der Waals surface area contributed by atoms with Crippen LogP contribution in [0.5, 0.6) is 11.5 Å². The minimum absolute atomic E-state index is 0.0973. The number of hydrogen-bond donors (Lipinski definition) is 0. The fourth-order valence-corrected chi connectivity index (χ4v) is 3.74. The second-order valence-corrected chi connectivity index (χ2v) is 7.53. The molecule has 162 valence electrons. The molecule has 1 aromatic heterocycles. The maximum absolute atomic E-state index is 13.1. The highest BCUT2D eigenvalue weighted by molar-refractivity contribution is 6.30. The number of hydrogen-bond acceptors (Lipinski definition) is 7. The number of amides is 1. The molecular formula is C21H23ClN6O3. The van der Waals surface area contributed by atoms with Crippen LogP contribution in [0.15, 0.2) is 42.5 Å². The van der Waals surface area contributed by atoms with Gasteiger partial charge in [0.1, 0.15) is 17.1 Å². The first kappa shape index (κ1) is 21.1. The van der Waals surface area contributed by atoms with Gasteiger partial charge >= 0.3 is 0 Å². The summed E-state index contributed by atoms with van der Waals surface area (Å²) in [6.07, 6.45) is 0. The van der Waals surface area contributed by atoms with E-state index in [0.29, 0.717) is 54.8 Å². The van der Waals surface area contributed by atoms with Crippen LogP contribution in [0, 0.1) is 0 Å². The molecule has 0 spiro atoms. The van der Waals surface area contributed by atoms with Gasteiger partial charge in [0.2, 0.25) is 0 Å². The van der Waals surface area contributed by atoms with E-state index in [0.717, 1.165) is 11.5 Å². The number of tetrazole rings is 1. The van der Waals surface area contributed by atoms with E-state index >= 15 is 0 Å². The summed E-state index contributed by atoms with van der Waals surface area (Å²) in [7, 11) is 3.10. The molecule has 31 heavy (non-hydrogen) atoms. The summed E-state index contributed by atoms with van der Waals surface area (Å²) in [5.41, 5.74) is 1.30. The van der Waals surface area contributed by atoms with E-state index in [1.54, 1.807) is 49.2 Å². The molecule has 9 nitrogen and oxygen atoms in total. The van der Waals surface area contributed by atoms with E-state index < -0.39 is 0 Å². The molecule has 2 aromatic carbocycles. The highest BCUT2D eigenvalue weighted by Crippen LogP contribution is 2.30. The number of carbonyl (C=O) groups excluding carboxylic acids is 1. The van der Waals surface area contributed by atoms with Crippen LogP contribution in [-0.2, 0) is 6.54 Å². The Morgan fingerprint density at radius 2 is 1.65 bits per heavy atom. The molecule has 0 N–H and O–H groups in total. The van der Waals surface area contributed by atoms with Crippen LogP contribution in [0.1, 0.15) is 16.2 Å². The first-order chi connectivity index (χ1) is 15.1. The Balaban J connectivity index is 1.42. The molecule has 2 heterocycles. The normalized spacial score (nSPS) is 14.5. The summed E-state index contributed by atoms with van der Waals surface area (Å²) in [5, 5.41) is 12.7. The van der Waals surface area contributed by atoms with E-state index in [-0.39, 0.29) is 5.91 Å². The Labute approximate surface area is 185 Å². The molecule has 1 saturated heterocycles. The van der Waals surface area contributed by atoms with Crippen molar-refractivity contribution >= 4 is 17.5 Å². The number of piperazine rings is 1. The summed E-state index contributed by atoms with van der Waals surface area (Å²) in [6, 6.07) is 12.7. The zero-order valence-electron chi connectivity index (χ0n) is 17.4. The lowest BCUT2D eigenvalue weighted by Crippen LogP contribution is -2.48. The Morgan fingerprint density at radius 1 is 1.00 bits per heavy atom. The van der Waals surface area contributed by atoms with E-state index in [1.807, 2.05) is 17.0 Å². The van der Waals surface area contributed by atoms with Gasteiger partial charge in [-0.05, 0) is 46.8 Å². The minimum atomic E-state index is -0.0973. The fraction of sp³-hybridized carbons (Fsp3) is 0.333. The van der Waals surface area contributed by atoms with Gasteiger partial charge in [0.05, 0.1) is 26.5 Å². The van der Waals surface area contributed by atoms with Crippen LogP contribution in [0.3, 0.4) is 0 Å². The number of benzene rings is 2. The van der Waals surface area contributed by atoms with Crippen LogP contribution < -0.4 is 9.47 Å². The van der Waals surface area contributed by atoms with Gasteiger partial charge in [0.25, 0.3) is 5.91 Å². The smallest absolute Gasteiger partial charge is 0.261 e. The van der Waals surface area contributed by atoms with Crippen molar-refractivity contribution in [3.63, 3.8) is 0 Å². The number of aromatic nitrogens is 4. The Hall–Kier alpha value is -3.17. The molecule has 0 unspecified atom stereocenters. The third-order valence-electron chi connectivity index (χ3n) is 5.27. The topological polar surface area (TPSA) is 85.6 Å². The van der Waals surface area contributed by atoms with Crippen molar-refractivity contribution in [3.05, 3.63) is 58.9 Å². The molecular weight excluding hydrogens is 420 g/mol. The summed E-state index contributed by atoms with van der Waals surface area (Å²) in [5.74, 6) is 1.65. The van der Waals surface area contributed by atoms with Gasteiger partial charge in [-0.3, -0.25) is 9.69 Å². The van der Waals surface area contributed by atoms with Gasteiger partial charge in [-0.25, -0.2) is 0 Å². The first-order valence-corrected chi connectivity index (χ1v) is 10.2. The van der Waals surface area contributed by atoms with Gasteiger partial charge < -0.3 is 14.4 Å². The Morgan fingerprint density at radius 3 is 2.26 bits per heavy atom. The zero-order chi connectivity index (χ0) is 21.8. The second-order valence-electron chi connectivity index (χ2n) is 7.09. The third-order valence-corrected chi connectivity index (χ3v) is 5.52. The fourth-order valence-electron chi connectivity index (χ4n) is 3.62. The van der Waals surface area contributed by atoms with E-state index in [2.05, 4.69) is 20.4 Å². The van der Waals surface area contributed by atoms with Crippen molar-refractivity contribution in [1.82, 2.24) is 30.0 Å². The summed E-state index contributed by atoms with van der Waals surface area (Å²) in [4.78, 5) is 17.2. The molecule has 0 atom stereocenters. The molecule has 1 aliphatic heterocycles. The Kier molecular flexibility index (Phi) is 6.34. The highest BCUT2D eigenvalue weighted by Gasteiger charge is 2.27. The molecule has 0 aliphatic carbocycles. The molecule has 10 heteroatoms. The van der Waals surface area contributed by atoms with E-state index in [9.17, 15) is 4.79 Å². The van der Waals surface area contributed by atoms with Crippen LogP contribution in [0.2, 0.25) is 5.02 Å². The summed E-state index contributed by atoms with van der Waals surface area (Å²) < 4.78 is 12.5. The molecule has 1 aliphatic rings. The van der Waals surface area contributed by atoms with E-state index in [4.69, 9.17) is 21.1 Å². The predicted molar refractivity (Wildman–Crippen MR) is 115 cm³/mol. The first-order valence-electron chi connectivity index (χ1n) is 9.86. The van der Waals surface area contributed by atoms with E-state index in [1.165, 1.54) is 0 Å². The molecule has 1 amide bonds. The van der Waals surface area contributed by atoms with Gasteiger partial charge in [-0.1, -0.05) is 17.7 Å². The van der Waals surface area contributed by atoms with Crippen LogP contribution in [-0.4, -0.2) is 76.3 Å². The standard InChI is InChI=1S/C21H23ClN6O3/c1-30-17-4-3-5-18(31-2)20(17)21(29)27-12-10-26(11-13-27)14-19-23-24-25-28(19)16-8-6-15(22)7-9-16/h3-9H,10-14H2,1-2H3. The number of methoxy groups -OCH3 is 2. The molecule has 0 saturated carbocycles. The van der Waals surface area contributed by atoms with Gasteiger partial charge in [0.15, 0.2) is 5.82 Å². The molecule has 0 radical (unpaired) electrons. The SMILES string of the molecule is COc1cccc(OC)c1C(=O)N1CCN(Cc2nnnn2-c2ccc(Cl)cc2)CC1. The van der Waals surface area contributed by atoms with Gasteiger partial charge in [-0.2, -0.15) is 4.68 Å². The minimum Gasteiger partial charge on any atom is -0.496 e. The third kappa shape index (κ3) is 4.47. The maximum atomic E-state index is 13.1. The zero-order valence-corrected chi connectivity index (χ0v) is 18.1. The van der Waals surface area contributed by atoms with Gasteiger partial charge in [-0.15, -0.1) is 5.10 Å². The Bertz CT molecular complexity index is 1030. The number of carbonyl (C=O) groups is 1. The molecule has 4 rings (SSSR count). The number of rotatable bonds is 6. The monoisotopic (exact) mass is 442 g/mol. The van der Waals surface area contributed by atoms with Crippen LogP contribution in [0.4, 0.5) is 0 Å². The predicted octanol–water partition coefficient (Wildman–Crippen LogP) is 2.29. The van der Waals surface area contributed by atoms with Crippen molar-refractivity contribution in [2.75, 3.05) is 40.4 Å². The molecule has 1 fully saturated rings. The number of halogens is 1. The van der Waals surface area contributed by atoms with Gasteiger partial charge in [0, 0.05) is 31.2 Å². The quantitative estimate of drug-likeness (QED) is 0.579. The lowest BCUT2D eigenvalue weighted by molar-refractivity contribution is 0.0618. The largest absolute Gasteiger partial charge is 0.496 e. The number of ether oxygens (including phenoxy) is 2. The lowest BCUT2D eigenvalue weighted by Gasteiger charge is -2.34. The van der Waals surface area contributed by atoms with Crippen molar-refractivity contribution < 1.29 is 14.3 Å². The number of nitrogens with zero attached hydrogens (tertiary/aromatic N) is 6. The average Bonchev–Trinajstić information content (AvgIpc) is 3.27. The summed E-state index contributed by atoms with van der Waals surface area (Å²) >= 11 is 5.97. The average molecular weight is 443 g/mol. The lowest BCUT2D eigenvalue weighted by atomic mass is 10.1. The highest BCUT2D eigenvalue weighted by atomic mass is 35.5. The van der Waals surface area contributed by atoms with Crippen molar-refractivity contribution in [2.45, 2.75) is 6.54 Å².